The van der Waals surface area contributed by atoms with E-state index >= 15 is 0 Å². The van der Waals surface area contributed by atoms with Gasteiger partial charge in [0.1, 0.15) is 13.2 Å². The highest BCUT2D eigenvalue weighted by molar-refractivity contribution is 6.33. The molecule has 0 saturated carbocycles. The minimum Gasteiger partial charge on any atom is -0.486 e. The van der Waals surface area contributed by atoms with E-state index in [2.05, 4.69) is 16.4 Å². The normalized spacial score (nSPS) is 13.1. The zero-order valence-electron chi connectivity index (χ0n) is 10.9. The van der Waals surface area contributed by atoms with Crippen molar-refractivity contribution >= 4 is 17.3 Å². The van der Waals surface area contributed by atoms with Gasteiger partial charge in [0.25, 0.3) is 0 Å². The first-order valence-corrected chi connectivity index (χ1v) is 6.92. The number of rotatable bonds is 4. The summed E-state index contributed by atoms with van der Waals surface area (Å²) in [6.07, 6.45) is 4.24. The topological polar surface area (TPSA) is 43.4 Å². The van der Waals surface area contributed by atoms with Gasteiger partial charge >= 0.3 is 0 Å². The highest BCUT2D eigenvalue weighted by Crippen LogP contribution is 2.30. The molecule has 20 heavy (non-hydrogen) atoms. The lowest BCUT2D eigenvalue weighted by molar-refractivity contribution is 0.171. The Morgan fingerprint density at radius 3 is 2.85 bits per heavy atom. The number of benzene rings is 1. The molecule has 1 aromatic carbocycles. The molecule has 0 radical (unpaired) electrons. The third kappa shape index (κ3) is 2.96. The van der Waals surface area contributed by atoms with Crippen LogP contribution in [-0.2, 0) is 6.42 Å². The Morgan fingerprint density at radius 1 is 1.15 bits per heavy atom. The SMILES string of the molecule is Clc1cnccc1NCCc1ccc2c(c1)OCCO2. The second-order valence-electron chi connectivity index (χ2n) is 4.51. The lowest BCUT2D eigenvalue weighted by Crippen LogP contribution is -2.15. The number of aromatic nitrogens is 1. The molecule has 4 nitrogen and oxygen atoms in total. The van der Waals surface area contributed by atoms with E-state index in [9.17, 15) is 0 Å². The van der Waals surface area contributed by atoms with E-state index in [4.69, 9.17) is 21.1 Å². The number of nitrogens with zero attached hydrogens (tertiary/aromatic N) is 1. The highest BCUT2D eigenvalue weighted by atomic mass is 35.5. The van der Waals surface area contributed by atoms with Gasteiger partial charge in [0.2, 0.25) is 0 Å². The van der Waals surface area contributed by atoms with Gasteiger partial charge in [-0.15, -0.1) is 0 Å². The molecular weight excluding hydrogens is 276 g/mol. The van der Waals surface area contributed by atoms with Crippen molar-refractivity contribution in [1.82, 2.24) is 4.98 Å². The van der Waals surface area contributed by atoms with Crippen LogP contribution in [0.1, 0.15) is 5.56 Å². The van der Waals surface area contributed by atoms with Gasteiger partial charge in [0.15, 0.2) is 11.5 Å². The Hall–Kier alpha value is -1.94. The average molecular weight is 291 g/mol. The van der Waals surface area contributed by atoms with Crippen molar-refractivity contribution in [3.8, 4) is 11.5 Å². The third-order valence-corrected chi connectivity index (χ3v) is 3.41. The molecule has 1 aromatic heterocycles. The number of halogens is 1. The number of ether oxygens (including phenoxy) is 2. The first-order chi connectivity index (χ1) is 9.83. The summed E-state index contributed by atoms with van der Waals surface area (Å²) < 4.78 is 11.1. The molecule has 0 amide bonds. The predicted octanol–water partition coefficient (Wildman–Crippen LogP) is 3.16. The number of pyridine rings is 1. The zero-order valence-corrected chi connectivity index (χ0v) is 11.7. The fourth-order valence-corrected chi connectivity index (χ4v) is 2.29. The largest absolute Gasteiger partial charge is 0.486 e. The van der Waals surface area contributed by atoms with Gasteiger partial charge < -0.3 is 14.8 Å². The molecular formula is C15H15ClN2O2. The van der Waals surface area contributed by atoms with Gasteiger partial charge in [-0.25, -0.2) is 0 Å². The van der Waals surface area contributed by atoms with E-state index in [1.807, 2.05) is 18.2 Å². The van der Waals surface area contributed by atoms with Crippen LogP contribution in [0.15, 0.2) is 36.7 Å². The Kier molecular flexibility index (Phi) is 3.92. The van der Waals surface area contributed by atoms with Crippen LogP contribution in [0.25, 0.3) is 0 Å². The quantitative estimate of drug-likeness (QED) is 0.939. The smallest absolute Gasteiger partial charge is 0.161 e. The van der Waals surface area contributed by atoms with E-state index in [1.165, 1.54) is 5.56 Å². The standard InChI is InChI=1S/C15H15ClN2O2/c16-12-10-17-5-4-13(12)18-6-3-11-1-2-14-15(9-11)20-8-7-19-14/h1-2,4-5,9-10H,3,6-8H2,(H,17,18). The van der Waals surface area contributed by atoms with Crippen LogP contribution in [0.2, 0.25) is 5.02 Å². The number of fused-ring (bicyclic) bond motifs is 1. The molecule has 2 heterocycles. The van der Waals surface area contributed by atoms with E-state index in [0.717, 1.165) is 30.2 Å². The van der Waals surface area contributed by atoms with Crippen LogP contribution in [-0.4, -0.2) is 24.7 Å². The van der Waals surface area contributed by atoms with Gasteiger partial charge in [-0.1, -0.05) is 17.7 Å². The molecule has 0 spiro atoms. The second kappa shape index (κ2) is 6.01. The highest BCUT2D eigenvalue weighted by Gasteiger charge is 2.11. The number of hydrogen-bond donors (Lipinski definition) is 1. The molecule has 0 bridgehead atoms. The van der Waals surface area contributed by atoms with Crippen LogP contribution in [0.3, 0.4) is 0 Å². The van der Waals surface area contributed by atoms with Crippen molar-refractivity contribution in [2.24, 2.45) is 0 Å². The molecule has 2 aromatic rings. The predicted molar refractivity (Wildman–Crippen MR) is 78.9 cm³/mol. The molecule has 0 saturated heterocycles. The van der Waals surface area contributed by atoms with E-state index < -0.39 is 0 Å². The summed E-state index contributed by atoms with van der Waals surface area (Å²) in [7, 11) is 0. The number of hydrogen-bond acceptors (Lipinski definition) is 4. The fourth-order valence-electron chi connectivity index (χ4n) is 2.10. The van der Waals surface area contributed by atoms with Crippen LogP contribution in [0, 0.1) is 0 Å². The van der Waals surface area contributed by atoms with Gasteiger partial charge in [-0.2, -0.15) is 0 Å². The number of anilines is 1. The molecule has 1 N–H and O–H groups in total. The van der Waals surface area contributed by atoms with Crippen LogP contribution in [0.5, 0.6) is 11.5 Å². The minimum absolute atomic E-state index is 0.612. The van der Waals surface area contributed by atoms with Gasteiger partial charge in [-0.05, 0) is 30.2 Å². The van der Waals surface area contributed by atoms with Crippen LogP contribution < -0.4 is 14.8 Å². The van der Waals surface area contributed by atoms with Crippen LogP contribution in [0.4, 0.5) is 5.69 Å². The molecule has 0 atom stereocenters. The summed E-state index contributed by atoms with van der Waals surface area (Å²) in [5.74, 6) is 1.65. The van der Waals surface area contributed by atoms with E-state index in [0.29, 0.717) is 18.2 Å². The molecule has 104 valence electrons. The molecule has 1 aliphatic rings. The Bertz CT molecular complexity index is 604. The van der Waals surface area contributed by atoms with E-state index in [1.54, 1.807) is 12.4 Å². The third-order valence-electron chi connectivity index (χ3n) is 3.11. The molecule has 5 heteroatoms. The summed E-state index contributed by atoms with van der Waals surface area (Å²) in [4.78, 5) is 3.96. The van der Waals surface area contributed by atoms with Gasteiger partial charge in [0, 0.05) is 18.9 Å². The van der Waals surface area contributed by atoms with Crippen molar-refractivity contribution in [2.75, 3.05) is 25.1 Å². The minimum atomic E-state index is 0.612. The van der Waals surface area contributed by atoms with E-state index in [-0.39, 0.29) is 0 Å². The van der Waals surface area contributed by atoms with Crippen molar-refractivity contribution < 1.29 is 9.47 Å². The maximum Gasteiger partial charge on any atom is 0.161 e. The molecule has 0 aliphatic carbocycles. The van der Waals surface area contributed by atoms with Crippen LogP contribution >= 0.6 is 11.6 Å². The Morgan fingerprint density at radius 2 is 2.00 bits per heavy atom. The summed E-state index contributed by atoms with van der Waals surface area (Å²) in [6, 6.07) is 7.92. The van der Waals surface area contributed by atoms with Crippen molar-refractivity contribution in [3.05, 3.63) is 47.2 Å². The molecule has 0 fully saturated rings. The van der Waals surface area contributed by atoms with Gasteiger partial charge in [0.05, 0.1) is 10.7 Å². The van der Waals surface area contributed by atoms with Crippen molar-refractivity contribution in [3.63, 3.8) is 0 Å². The first-order valence-electron chi connectivity index (χ1n) is 6.55. The Balaban J connectivity index is 1.60. The fraction of sp³-hybridized carbons (Fsp3) is 0.267. The summed E-state index contributed by atoms with van der Waals surface area (Å²) in [5, 5.41) is 3.93. The number of nitrogens with one attached hydrogen (secondary N) is 1. The van der Waals surface area contributed by atoms with Crippen molar-refractivity contribution in [2.45, 2.75) is 6.42 Å². The zero-order chi connectivity index (χ0) is 13.8. The summed E-state index contributed by atoms with van der Waals surface area (Å²) in [6.45, 7) is 2.03. The molecule has 3 rings (SSSR count). The Labute approximate surface area is 122 Å². The second-order valence-corrected chi connectivity index (χ2v) is 4.92. The van der Waals surface area contributed by atoms with Crippen molar-refractivity contribution in [1.29, 1.82) is 0 Å². The average Bonchev–Trinajstić information content (AvgIpc) is 2.49. The maximum absolute atomic E-state index is 6.04. The maximum atomic E-state index is 6.04. The summed E-state index contributed by atoms with van der Waals surface area (Å²) in [5.41, 5.74) is 2.10. The lowest BCUT2D eigenvalue weighted by Gasteiger charge is -2.19. The van der Waals surface area contributed by atoms with Gasteiger partial charge in [-0.3, -0.25) is 4.98 Å². The molecule has 1 aliphatic heterocycles. The summed E-state index contributed by atoms with van der Waals surface area (Å²) >= 11 is 6.04. The monoisotopic (exact) mass is 290 g/mol. The lowest BCUT2D eigenvalue weighted by atomic mass is 10.1. The first kappa shape index (κ1) is 13.1. The molecule has 0 unspecified atom stereocenters.